The molecule has 0 radical (unpaired) electrons. The van der Waals surface area contributed by atoms with Gasteiger partial charge in [-0.3, -0.25) is 4.68 Å². The van der Waals surface area contributed by atoms with E-state index in [2.05, 4.69) is 63.9 Å². The Morgan fingerprint density at radius 3 is 2.80 bits per heavy atom. The molecule has 4 nitrogen and oxygen atoms in total. The van der Waals surface area contributed by atoms with E-state index in [9.17, 15) is 0 Å². The Labute approximate surface area is 131 Å². The number of aromatic nitrogens is 2. The van der Waals surface area contributed by atoms with Crippen molar-refractivity contribution in [1.82, 2.24) is 20.0 Å². The van der Waals surface area contributed by atoms with Crippen LogP contribution in [0, 0.1) is 5.92 Å². The van der Waals surface area contributed by atoms with E-state index in [1.54, 1.807) is 0 Å². The van der Waals surface area contributed by atoms with Crippen LogP contribution in [0.15, 0.2) is 10.7 Å². The highest BCUT2D eigenvalue weighted by atomic mass is 79.9. The van der Waals surface area contributed by atoms with Crippen LogP contribution >= 0.6 is 15.9 Å². The standard InChI is InChI=1S/C15H27BrN4/c1-12(2)10-15(6-5-7-17-15)14-13(16)11-18-20(14)9-8-19(3)4/h11-12,17H,5-10H2,1-4H3. The summed E-state index contributed by atoms with van der Waals surface area (Å²) in [4.78, 5) is 2.20. The Morgan fingerprint density at radius 2 is 2.25 bits per heavy atom. The maximum atomic E-state index is 4.59. The average molecular weight is 343 g/mol. The molecule has 1 fully saturated rings. The molecule has 0 aromatic carbocycles. The summed E-state index contributed by atoms with van der Waals surface area (Å²) in [6, 6.07) is 0. The minimum atomic E-state index is 0.0931. The normalized spacial score (nSPS) is 23.1. The third-order valence-electron chi connectivity index (χ3n) is 4.01. The molecule has 1 atom stereocenters. The Kier molecular flexibility index (Phi) is 5.26. The second kappa shape index (κ2) is 6.58. The molecule has 5 heteroatoms. The molecular weight excluding hydrogens is 316 g/mol. The van der Waals surface area contributed by atoms with Crippen LogP contribution in [0.25, 0.3) is 0 Å². The van der Waals surface area contributed by atoms with Crippen molar-refractivity contribution >= 4 is 15.9 Å². The Morgan fingerprint density at radius 1 is 1.50 bits per heavy atom. The molecule has 1 unspecified atom stereocenters. The van der Waals surface area contributed by atoms with Gasteiger partial charge in [0, 0.05) is 6.54 Å². The fraction of sp³-hybridized carbons (Fsp3) is 0.800. The predicted octanol–water partition coefficient (Wildman–Crippen LogP) is 2.83. The molecule has 0 saturated carbocycles. The highest BCUT2D eigenvalue weighted by molar-refractivity contribution is 9.10. The van der Waals surface area contributed by atoms with Gasteiger partial charge in [-0.15, -0.1) is 0 Å². The fourth-order valence-corrected chi connectivity index (χ4v) is 3.95. The first-order valence-corrected chi connectivity index (χ1v) is 8.35. The monoisotopic (exact) mass is 342 g/mol. The third-order valence-corrected chi connectivity index (χ3v) is 4.59. The number of hydrogen-bond donors (Lipinski definition) is 1. The predicted molar refractivity (Wildman–Crippen MR) is 86.9 cm³/mol. The lowest BCUT2D eigenvalue weighted by molar-refractivity contribution is 0.278. The van der Waals surface area contributed by atoms with Gasteiger partial charge in [-0.25, -0.2) is 0 Å². The van der Waals surface area contributed by atoms with E-state index in [4.69, 9.17) is 0 Å². The largest absolute Gasteiger partial charge is 0.308 e. The van der Waals surface area contributed by atoms with E-state index in [-0.39, 0.29) is 5.54 Å². The minimum absolute atomic E-state index is 0.0931. The molecule has 2 heterocycles. The van der Waals surface area contributed by atoms with E-state index in [1.807, 2.05) is 6.20 Å². The first-order chi connectivity index (χ1) is 9.44. The summed E-state index contributed by atoms with van der Waals surface area (Å²) in [5.41, 5.74) is 1.43. The highest BCUT2D eigenvalue weighted by Crippen LogP contribution is 2.40. The summed E-state index contributed by atoms with van der Waals surface area (Å²) in [5.74, 6) is 0.671. The van der Waals surface area contributed by atoms with Crippen molar-refractivity contribution in [2.75, 3.05) is 27.2 Å². The second-order valence-corrected chi connectivity index (χ2v) is 7.43. The second-order valence-electron chi connectivity index (χ2n) is 6.58. The maximum absolute atomic E-state index is 4.59. The topological polar surface area (TPSA) is 33.1 Å². The van der Waals surface area contributed by atoms with E-state index in [0.717, 1.165) is 24.1 Å². The molecule has 2 rings (SSSR count). The SMILES string of the molecule is CC(C)CC1(c2c(Br)cnn2CCN(C)C)CCCN1. The summed E-state index contributed by atoms with van der Waals surface area (Å²) in [6.45, 7) is 7.67. The van der Waals surface area contributed by atoms with E-state index in [1.165, 1.54) is 25.0 Å². The van der Waals surface area contributed by atoms with Gasteiger partial charge in [-0.05, 0) is 61.8 Å². The van der Waals surface area contributed by atoms with E-state index in [0.29, 0.717) is 5.92 Å². The Hall–Kier alpha value is -0.390. The van der Waals surface area contributed by atoms with E-state index < -0.39 is 0 Å². The first kappa shape index (κ1) is 16.0. The number of nitrogens with one attached hydrogen (secondary N) is 1. The van der Waals surface area contributed by atoms with Gasteiger partial charge in [0.25, 0.3) is 0 Å². The van der Waals surface area contributed by atoms with Gasteiger partial charge in [0.05, 0.1) is 28.4 Å². The third kappa shape index (κ3) is 3.43. The van der Waals surface area contributed by atoms with Crippen molar-refractivity contribution in [3.8, 4) is 0 Å². The van der Waals surface area contributed by atoms with E-state index >= 15 is 0 Å². The lowest BCUT2D eigenvalue weighted by atomic mass is 9.84. The van der Waals surface area contributed by atoms with Gasteiger partial charge in [0.15, 0.2) is 0 Å². The van der Waals surface area contributed by atoms with Gasteiger partial charge < -0.3 is 10.2 Å². The summed E-state index contributed by atoms with van der Waals surface area (Å²) in [7, 11) is 4.21. The maximum Gasteiger partial charge on any atom is 0.0727 e. The van der Waals surface area contributed by atoms with Crippen molar-refractivity contribution in [2.24, 2.45) is 5.92 Å². The first-order valence-electron chi connectivity index (χ1n) is 7.56. The Balaban J connectivity index is 2.30. The van der Waals surface area contributed by atoms with Crippen LogP contribution in [-0.2, 0) is 12.1 Å². The van der Waals surface area contributed by atoms with Crippen LogP contribution in [-0.4, -0.2) is 41.9 Å². The molecule has 1 saturated heterocycles. The number of nitrogens with zero attached hydrogens (tertiary/aromatic N) is 3. The smallest absolute Gasteiger partial charge is 0.0727 e. The molecule has 1 aromatic rings. The van der Waals surface area contributed by atoms with Crippen LogP contribution < -0.4 is 5.32 Å². The Bertz CT molecular complexity index is 433. The molecule has 0 aliphatic carbocycles. The van der Waals surface area contributed by atoms with Crippen LogP contribution in [0.2, 0.25) is 0 Å². The zero-order valence-electron chi connectivity index (χ0n) is 13.1. The van der Waals surface area contributed by atoms with Crippen LogP contribution in [0.1, 0.15) is 38.8 Å². The summed E-state index contributed by atoms with van der Waals surface area (Å²) < 4.78 is 3.33. The van der Waals surface area contributed by atoms with Gasteiger partial charge in [-0.2, -0.15) is 5.10 Å². The van der Waals surface area contributed by atoms with Gasteiger partial charge >= 0.3 is 0 Å². The van der Waals surface area contributed by atoms with Crippen LogP contribution in [0.5, 0.6) is 0 Å². The number of rotatable bonds is 6. The molecular formula is C15H27BrN4. The summed E-state index contributed by atoms with van der Waals surface area (Å²) in [6.07, 6.45) is 5.57. The molecule has 1 aromatic heterocycles. The lowest BCUT2D eigenvalue weighted by Gasteiger charge is -2.33. The highest BCUT2D eigenvalue weighted by Gasteiger charge is 2.40. The van der Waals surface area contributed by atoms with Crippen molar-refractivity contribution < 1.29 is 0 Å². The average Bonchev–Trinajstić information content (AvgIpc) is 2.93. The molecule has 1 aliphatic rings. The minimum Gasteiger partial charge on any atom is -0.308 e. The molecule has 0 bridgehead atoms. The molecule has 1 N–H and O–H groups in total. The number of hydrogen-bond acceptors (Lipinski definition) is 3. The number of likely N-dealkylation sites (N-methyl/N-ethyl adjacent to an activating group) is 1. The summed E-state index contributed by atoms with van der Waals surface area (Å²) in [5, 5.41) is 8.36. The van der Waals surface area contributed by atoms with Crippen molar-refractivity contribution in [3.05, 3.63) is 16.4 Å². The molecule has 1 aliphatic heterocycles. The lowest BCUT2D eigenvalue weighted by Crippen LogP contribution is -2.41. The molecule has 114 valence electrons. The summed E-state index contributed by atoms with van der Waals surface area (Å²) >= 11 is 3.72. The van der Waals surface area contributed by atoms with Crippen molar-refractivity contribution in [2.45, 2.75) is 45.2 Å². The van der Waals surface area contributed by atoms with Gasteiger partial charge in [0.1, 0.15) is 0 Å². The zero-order valence-corrected chi connectivity index (χ0v) is 14.7. The van der Waals surface area contributed by atoms with Gasteiger partial charge in [0.2, 0.25) is 0 Å². The quantitative estimate of drug-likeness (QED) is 0.862. The number of halogens is 1. The fourth-order valence-electron chi connectivity index (χ4n) is 3.28. The molecule has 20 heavy (non-hydrogen) atoms. The molecule has 0 spiro atoms. The van der Waals surface area contributed by atoms with Crippen molar-refractivity contribution in [1.29, 1.82) is 0 Å². The molecule has 0 amide bonds. The van der Waals surface area contributed by atoms with Crippen LogP contribution in [0.4, 0.5) is 0 Å². The zero-order chi connectivity index (χ0) is 14.8. The van der Waals surface area contributed by atoms with Crippen LogP contribution in [0.3, 0.4) is 0 Å². The van der Waals surface area contributed by atoms with Crippen molar-refractivity contribution in [3.63, 3.8) is 0 Å². The van der Waals surface area contributed by atoms with Gasteiger partial charge in [-0.1, -0.05) is 13.8 Å².